The van der Waals surface area contributed by atoms with E-state index in [1.807, 2.05) is 18.0 Å². The van der Waals surface area contributed by atoms with Crippen LogP contribution in [0.4, 0.5) is 4.79 Å². The third kappa shape index (κ3) is 6.38. The van der Waals surface area contributed by atoms with Crippen LogP contribution in [0.5, 0.6) is 0 Å². The van der Waals surface area contributed by atoms with Gasteiger partial charge in [0.1, 0.15) is 6.04 Å². The lowest BCUT2D eigenvalue weighted by molar-refractivity contribution is -0.139. The van der Waals surface area contributed by atoms with Gasteiger partial charge in [-0.2, -0.15) is 23.5 Å². The van der Waals surface area contributed by atoms with Gasteiger partial charge in [-0.3, -0.25) is 0 Å². The normalized spacial score (nSPS) is 18.8. The lowest BCUT2D eigenvalue weighted by Gasteiger charge is -2.35. The Balaban J connectivity index is 2.42. The highest BCUT2D eigenvalue weighted by atomic mass is 32.2. The summed E-state index contributed by atoms with van der Waals surface area (Å²) in [5.41, 5.74) is 0. The van der Waals surface area contributed by atoms with E-state index in [2.05, 4.69) is 16.9 Å². The molecule has 0 unspecified atom stereocenters. The van der Waals surface area contributed by atoms with Crippen LogP contribution in [-0.4, -0.2) is 52.7 Å². The van der Waals surface area contributed by atoms with E-state index in [1.165, 1.54) is 19.3 Å². The maximum Gasteiger partial charge on any atom is 0.326 e. The first-order valence-corrected chi connectivity index (χ1v) is 9.96. The zero-order valence-electron chi connectivity index (χ0n) is 12.8. The molecule has 5 nitrogen and oxygen atoms in total. The third-order valence-electron chi connectivity index (χ3n) is 3.98. The van der Waals surface area contributed by atoms with Crippen molar-refractivity contribution in [1.29, 1.82) is 0 Å². The van der Waals surface area contributed by atoms with Crippen molar-refractivity contribution >= 4 is 35.5 Å². The van der Waals surface area contributed by atoms with E-state index >= 15 is 0 Å². The van der Waals surface area contributed by atoms with E-state index in [0.717, 1.165) is 12.8 Å². The molecule has 2 amide bonds. The van der Waals surface area contributed by atoms with Gasteiger partial charge in [0, 0.05) is 11.3 Å². The number of hydrogen-bond donors (Lipinski definition) is 3. The fourth-order valence-corrected chi connectivity index (χ4v) is 3.98. The molecule has 1 rings (SSSR count). The van der Waals surface area contributed by atoms with Crippen molar-refractivity contribution in [2.45, 2.75) is 49.3 Å². The molecule has 1 atom stereocenters. The van der Waals surface area contributed by atoms with Gasteiger partial charge < -0.3 is 15.7 Å². The number of urea groups is 1. The maximum absolute atomic E-state index is 11.9. The number of carboxylic acid groups (broad SMARTS) is 1. The molecule has 21 heavy (non-hydrogen) atoms. The molecule has 1 fully saturated rings. The molecule has 0 aromatic rings. The Morgan fingerprint density at radius 1 is 1.24 bits per heavy atom. The van der Waals surface area contributed by atoms with Crippen LogP contribution < -0.4 is 10.6 Å². The summed E-state index contributed by atoms with van der Waals surface area (Å²) in [5, 5.41) is 14.5. The van der Waals surface area contributed by atoms with E-state index < -0.39 is 12.0 Å². The molecule has 122 valence electrons. The third-order valence-corrected chi connectivity index (χ3v) is 6.05. The molecule has 0 aromatic heterocycles. The molecule has 7 heteroatoms. The zero-order valence-corrected chi connectivity index (χ0v) is 14.4. The summed E-state index contributed by atoms with van der Waals surface area (Å²) < 4.78 is 0.119. The van der Waals surface area contributed by atoms with Gasteiger partial charge in [0.2, 0.25) is 0 Å². The lowest BCUT2D eigenvalue weighted by Crippen LogP contribution is -2.50. The second-order valence-corrected chi connectivity index (χ2v) is 7.71. The summed E-state index contributed by atoms with van der Waals surface area (Å²) in [5.74, 6) is -0.261. The molecule has 0 saturated heterocycles. The molecule has 1 aliphatic carbocycles. The molecule has 0 radical (unpaired) electrons. The van der Waals surface area contributed by atoms with Crippen LogP contribution in [-0.2, 0) is 4.79 Å². The summed E-state index contributed by atoms with van der Waals surface area (Å²) in [6, 6.07) is -1.18. The van der Waals surface area contributed by atoms with Gasteiger partial charge in [0.15, 0.2) is 0 Å². The van der Waals surface area contributed by atoms with Gasteiger partial charge in [-0.25, -0.2) is 9.59 Å². The summed E-state index contributed by atoms with van der Waals surface area (Å²) in [6.07, 6.45) is 10.4. The highest BCUT2D eigenvalue weighted by molar-refractivity contribution is 8.00. The number of hydrogen-bond acceptors (Lipinski definition) is 4. The van der Waals surface area contributed by atoms with E-state index in [9.17, 15) is 9.59 Å². The fraction of sp³-hybridized carbons (Fsp3) is 0.857. The molecule has 0 aliphatic heterocycles. The number of aliphatic carboxylic acids is 1. The molecule has 1 aliphatic rings. The standard InChI is InChI=1S/C14H26N2O3S2/c1-20-9-6-11(12(17)18)16-13(19)15-10-14(21-2)7-4-3-5-8-14/h11H,3-10H2,1-2H3,(H,17,18)(H2,15,16,19)/t11-/m1/s1. The van der Waals surface area contributed by atoms with Crippen LogP contribution >= 0.6 is 23.5 Å². The van der Waals surface area contributed by atoms with Crippen molar-refractivity contribution < 1.29 is 14.7 Å². The molecule has 0 bridgehead atoms. The Bertz CT molecular complexity index is 347. The number of thioether (sulfide) groups is 2. The first kappa shape index (κ1) is 18.5. The van der Waals surface area contributed by atoms with Gasteiger partial charge in [0.05, 0.1) is 0 Å². The Kier molecular flexibility index (Phi) is 8.33. The predicted octanol–water partition coefficient (Wildman–Crippen LogP) is 2.56. The molecule has 3 N–H and O–H groups in total. The SMILES string of the molecule is CSCC[C@@H](NC(=O)NCC1(SC)CCCCC1)C(=O)O. The first-order valence-electron chi connectivity index (χ1n) is 7.34. The zero-order chi connectivity index (χ0) is 15.7. The Morgan fingerprint density at radius 2 is 1.90 bits per heavy atom. The number of carbonyl (C=O) groups excluding carboxylic acids is 1. The van der Waals surface area contributed by atoms with Crippen LogP contribution in [0, 0.1) is 0 Å². The van der Waals surface area contributed by atoms with E-state index in [1.54, 1.807) is 11.8 Å². The molecule has 0 heterocycles. The second kappa shape index (κ2) is 9.46. The molecule has 1 saturated carbocycles. The van der Waals surface area contributed by atoms with Crippen LogP contribution in [0.3, 0.4) is 0 Å². The second-order valence-electron chi connectivity index (χ2n) is 5.45. The minimum Gasteiger partial charge on any atom is -0.480 e. The van der Waals surface area contributed by atoms with Gasteiger partial charge >= 0.3 is 12.0 Å². The quantitative estimate of drug-likeness (QED) is 0.636. The van der Waals surface area contributed by atoms with Crippen LogP contribution in [0.15, 0.2) is 0 Å². The minimum atomic E-state index is -0.976. The van der Waals surface area contributed by atoms with Crippen molar-refractivity contribution in [3.05, 3.63) is 0 Å². The van der Waals surface area contributed by atoms with Crippen LogP contribution in [0.25, 0.3) is 0 Å². The Labute approximate surface area is 135 Å². The highest BCUT2D eigenvalue weighted by Gasteiger charge is 2.31. The largest absolute Gasteiger partial charge is 0.480 e. The summed E-state index contributed by atoms with van der Waals surface area (Å²) in [4.78, 5) is 23.0. The van der Waals surface area contributed by atoms with Gasteiger partial charge in [-0.15, -0.1) is 0 Å². The number of nitrogens with one attached hydrogen (secondary N) is 2. The fourth-order valence-electron chi connectivity index (χ4n) is 2.59. The first-order chi connectivity index (χ1) is 10.0. The minimum absolute atomic E-state index is 0.119. The maximum atomic E-state index is 11.9. The highest BCUT2D eigenvalue weighted by Crippen LogP contribution is 2.37. The summed E-state index contributed by atoms with van der Waals surface area (Å²) in [7, 11) is 0. The topological polar surface area (TPSA) is 78.4 Å². The molecule has 0 aromatic carbocycles. The lowest BCUT2D eigenvalue weighted by atomic mass is 9.88. The molecular weight excluding hydrogens is 308 g/mol. The van der Waals surface area contributed by atoms with Crippen molar-refractivity contribution in [3.63, 3.8) is 0 Å². The van der Waals surface area contributed by atoms with E-state index in [0.29, 0.717) is 18.7 Å². The summed E-state index contributed by atoms with van der Waals surface area (Å²) >= 11 is 3.39. The number of carboxylic acids is 1. The average molecular weight is 335 g/mol. The van der Waals surface area contributed by atoms with Gasteiger partial charge in [0.25, 0.3) is 0 Å². The van der Waals surface area contributed by atoms with Crippen LogP contribution in [0.2, 0.25) is 0 Å². The molecule has 0 spiro atoms. The summed E-state index contributed by atoms with van der Waals surface area (Å²) in [6.45, 7) is 0.606. The molecular formula is C14H26N2O3S2. The van der Waals surface area contributed by atoms with Gasteiger partial charge in [-0.1, -0.05) is 19.3 Å². The number of rotatable bonds is 8. The predicted molar refractivity (Wildman–Crippen MR) is 90.3 cm³/mol. The van der Waals surface area contributed by atoms with Crippen molar-refractivity contribution in [2.24, 2.45) is 0 Å². The van der Waals surface area contributed by atoms with E-state index in [-0.39, 0.29) is 10.8 Å². The Morgan fingerprint density at radius 3 is 2.43 bits per heavy atom. The van der Waals surface area contributed by atoms with Crippen molar-refractivity contribution in [3.8, 4) is 0 Å². The monoisotopic (exact) mass is 334 g/mol. The van der Waals surface area contributed by atoms with Crippen molar-refractivity contribution in [1.82, 2.24) is 10.6 Å². The number of carbonyl (C=O) groups is 2. The smallest absolute Gasteiger partial charge is 0.326 e. The Hall–Kier alpha value is -0.560. The van der Waals surface area contributed by atoms with Crippen LogP contribution in [0.1, 0.15) is 38.5 Å². The number of amides is 2. The van der Waals surface area contributed by atoms with Gasteiger partial charge in [-0.05, 0) is 37.5 Å². The van der Waals surface area contributed by atoms with E-state index in [4.69, 9.17) is 5.11 Å². The van der Waals surface area contributed by atoms with Crippen molar-refractivity contribution in [2.75, 3.05) is 24.8 Å². The average Bonchev–Trinajstić information content (AvgIpc) is 2.50.